The molecule has 3 heterocycles. The van der Waals surface area contributed by atoms with Crippen molar-refractivity contribution in [3.05, 3.63) is 41.3 Å². The van der Waals surface area contributed by atoms with Gasteiger partial charge in [-0.05, 0) is 26.8 Å². The van der Waals surface area contributed by atoms with Gasteiger partial charge in [0.25, 0.3) is 0 Å². The van der Waals surface area contributed by atoms with Crippen molar-refractivity contribution in [2.75, 3.05) is 0 Å². The SMILES string of the molecule is CC(=O)c1c(C)nc2c(c1-c1cccnc1)C(=N)C(C(C)=O)S2. The fraction of sp³-hybridized carbons (Fsp3) is 0.235. The second-order valence-electron chi connectivity index (χ2n) is 5.45. The largest absolute Gasteiger partial charge is 0.303 e. The highest BCUT2D eigenvalue weighted by atomic mass is 32.2. The van der Waals surface area contributed by atoms with Crippen molar-refractivity contribution in [2.45, 2.75) is 31.0 Å². The van der Waals surface area contributed by atoms with E-state index in [9.17, 15) is 9.59 Å². The number of nitrogens with one attached hydrogen (secondary N) is 1. The molecule has 2 aromatic rings. The van der Waals surface area contributed by atoms with E-state index in [1.165, 1.54) is 25.6 Å². The average Bonchev–Trinajstić information content (AvgIpc) is 2.83. The van der Waals surface area contributed by atoms with Crippen LogP contribution < -0.4 is 0 Å². The molecule has 0 fully saturated rings. The number of rotatable bonds is 3. The molecule has 1 aliphatic heterocycles. The van der Waals surface area contributed by atoms with Gasteiger partial charge >= 0.3 is 0 Å². The molecular weight excluding hydrogens is 310 g/mol. The molecule has 0 bridgehead atoms. The molecule has 0 amide bonds. The van der Waals surface area contributed by atoms with Crippen LogP contribution >= 0.6 is 11.8 Å². The number of aryl methyl sites for hydroxylation is 1. The molecule has 1 N–H and O–H groups in total. The van der Waals surface area contributed by atoms with E-state index in [0.29, 0.717) is 27.4 Å². The minimum Gasteiger partial charge on any atom is -0.303 e. The van der Waals surface area contributed by atoms with Gasteiger partial charge in [-0.15, -0.1) is 0 Å². The Morgan fingerprint density at radius 3 is 2.57 bits per heavy atom. The lowest BCUT2D eigenvalue weighted by molar-refractivity contribution is -0.115. The van der Waals surface area contributed by atoms with Crippen LogP contribution in [-0.4, -0.2) is 32.5 Å². The molecule has 0 spiro atoms. The average molecular weight is 325 g/mol. The lowest BCUT2D eigenvalue weighted by Gasteiger charge is -2.14. The summed E-state index contributed by atoms with van der Waals surface area (Å²) < 4.78 is 0. The summed E-state index contributed by atoms with van der Waals surface area (Å²) in [6.45, 7) is 4.74. The maximum atomic E-state index is 12.2. The first-order valence-electron chi connectivity index (χ1n) is 7.13. The van der Waals surface area contributed by atoms with Gasteiger partial charge in [-0.1, -0.05) is 17.8 Å². The van der Waals surface area contributed by atoms with Crippen LogP contribution in [0.25, 0.3) is 11.1 Å². The number of aromatic nitrogens is 2. The zero-order valence-corrected chi connectivity index (χ0v) is 13.8. The molecule has 1 atom stereocenters. The van der Waals surface area contributed by atoms with Crippen molar-refractivity contribution in [3.63, 3.8) is 0 Å². The molecule has 2 aromatic heterocycles. The van der Waals surface area contributed by atoms with E-state index in [2.05, 4.69) is 9.97 Å². The summed E-state index contributed by atoms with van der Waals surface area (Å²) in [5.41, 5.74) is 3.32. The first-order chi connectivity index (χ1) is 10.9. The zero-order valence-electron chi connectivity index (χ0n) is 13.0. The van der Waals surface area contributed by atoms with Gasteiger partial charge in [-0.25, -0.2) is 4.98 Å². The van der Waals surface area contributed by atoms with Crippen LogP contribution in [0.1, 0.15) is 35.5 Å². The Balaban J connectivity index is 2.36. The van der Waals surface area contributed by atoms with Crippen LogP contribution in [0, 0.1) is 12.3 Å². The van der Waals surface area contributed by atoms with Crippen LogP contribution in [0.15, 0.2) is 29.6 Å². The topological polar surface area (TPSA) is 83.8 Å². The van der Waals surface area contributed by atoms with E-state index < -0.39 is 5.25 Å². The van der Waals surface area contributed by atoms with Gasteiger partial charge in [0.15, 0.2) is 5.78 Å². The number of hydrogen-bond acceptors (Lipinski definition) is 6. The van der Waals surface area contributed by atoms with E-state index in [0.717, 1.165) is 5.56 Å². The van der Waals surface area contributed by atoms with E-state index in [-0.39, 0.29) is 17.3 Å². The summed E-state index contributed by atoms with van der Waals surface area (Å²) in [5.74, 6) is -0.196. The molecule has 0 aromatic carbocycles. The number of ketones is 2. The maximum Gasteiger partial charge on any atom is 0.162 e. The molecule has 0 aliphatic carbocycles. The number of Topliss-reactive ketones (excluding diaryl/α,β-unsaturated/α-hetero) is 2. The quantitative estimate of drug-likeness (QED) is 0.877. The van der Waals surface area contributed by atoms with Gasteiger partial charge in [0.1, 0.15) is 16.1 Å². The molecule has 0 saturated carbocycles. The Morgan fingerprint density at radius 1 is 1.26 bits per heavy atom. The summed E-state index contributed by atoms with van der Waals surface area (Å²) in [5, 5.41) is 8.48. The molecule has 5 nitrogen and oxygen atoms in total. The lowest BCUT2D eigenvalue weighted by Crippen LogP contribution is -2.21. The first-order valence-corrected chi connectivity index (χ1v) is 8.01. The number of hydrogen-bond donors (Lipinski definition) is 1. The number of pyridine rings is 2. The molecule has 1 unspecified atom stereocenters. The predicted molar refractivity (Wildman–Crippen MR) is 89.4 cm³/mol. The van der Waals surface area contributed by atoms with Gasteiger partial charge < -0.3 is 5.41 Å². The highest BCUT2D eigenvalue weighted by Gasteiger charge is 2.37. The summed E-state index contributed by atoms with van der Waals surface area (Å²) in [6, 6.07) is 3.64. The smallest absolute Gasteiger partial charge is 0.162 e. The van der Waals surface area contributed by atoms with Gasteiger partial charge in [-0.2, -0.15) is 0 Å². The molecule has 0 saturated heterocycles. The fourth-order valence-electron chi connectivity index (χ4n) is 2.83. The van der Waals surface area contributed by atoms with Crippen molar-refractivity contribution >= 4 is 29.0 Å². The molecule has 116 valence electrons. The Labute approximate surface area is 138 Å². The molecule has 1 aliphatic rings. The monoisotopic (exact) mass is 325 g/mol. The zero-order chi connectivity index (χ0) is 16.7. The molecule has 3 rings (SSSR count). The second-order valence-corrected chi connectivity index (χ2v) is 6.54. The number of nitrogens with zero attached hydrogens (tertiary/aromatic N) is 2. The van der Waals surface area contributed by atoms with Gasteiger partial charge in [-0.3, -0.25) is 14.6 Å². The lowest BCUT2D eigenvalue weighted by atomic mass is 9.90. The Morgan fingerprint density at radius 2 is 2.00 bits per heavy atom. The minimum absolute atomic E-state index is 0.0860. The third-order valence-corrected chi connectivity index (χ3v) is 5.10. The fourth-order valence-corrected chi connectivity index (χ4v) is 3.97. The van der Waals surface area contributed by atoms with Crippen molar-refractivity contribution in [1.29, 1.82) is 5.41 Å². The van der Waals surface area contributed by atoms with Crippen LogP contribution in [0.5, 0.6) is 0 Å². The summed E-state index contributed by atoms with van der Waals surface area (Å²) in [7, 11) is 0. The van der Waals surface area contributed by atoms with Crippen molar-refractivity contribution in [1.82, 2.24) is 9.97 Å². The number of thioether (sulfide) groups is 1. The standard InChI is InChI=1S/C17H15N3O2S/c1-8-12(9(2)21)13(11-5-4-6-19-7-11)14-15(18)16(10(3)22)23-17(14)20-8/h4-7,16,18H,1-3H3. The van der Waals surface area contributed by atoms with Crippen LogP contribution in [-0.2, 0) is 4.79 Å². The highest BCUT2D eigenvalue weighted by molar-refractivity contribution is 8.02. The Kier molecular flexibility index (Phi) is 3.85. The van der Waals surface area contributed by atoms with Gasteiger partial charge in [0.05, 0.1) is 11.4 Å². The minimum atomic E-state index is -0.561. The molecule has 23 heavy (non-hydrogen) atoms. The van der Waals surface area contributed by atoms with Gasteiger partial charge in [0, 0.05) is 34.6 Å². The normalized spacial score (nSPS) is 16.3. The van der Waals surface area contributed by atoms with E-state index in [1.807, 2.05) is 6.07 Å². The highest BCUT2D eigenvalue weighted by Crippen LogP contribution is 2.43. The van der Waals surface area contributed by atoms with E-state index >= 15 is 0 Å². The predicted octanol–water partition coefficient (Wildman–Crippen LogP) is 3.09. The second kappa shape index (κ2) is 5.70. The van der Waals surface area contributed by atoms with Crippen molar-refractivity contribution in [3.8, 4) is 11.1 Å². The number of carbonyl (C=O) groups excluding carboxylic acids is 2. The Hall–Kier alpha value is -2.34. The summed E-state index contributed by atoms with van der Waals surface area (Å²) >= 11 is 1.28. The van der Waals surface area contributed by atoms with Crippen LogP contribution in [0.2, 0.25) is 0 Å². The van der Waals surface area contributed by atoms with Crippen LogP contribution in [0.3, 0.4) is 0 Å². The molecule has 6 heteroatoms. The third-order valence-electron chi connectivity index (χ3n) is 3.78. The summed E-state index contributed by atoms with van der Waals surface area (Å²) in [6.07, 6.45) is 3.32. The van der Waals surface area contributed by atoms with E-state index in [4.69, 9.17) is 5.41 Å². The molecular formula is C17H15N3O2S. The first kappa shape index (κ1) is 15.6. The Bertz CT molecular complexity index is 847. The molecule has 0 radical (unpaired) electrons. The van der Waals surface area contributed by atoms with Gasteiger partial charge in [0.2, 0.25) is 0 Å². The van der Waals surface area contributed by atoms with Crippen molar-refractivity contribution in [2.24, 2.45) is 0 Å². The number of carbonyl (C=O) groups is 2. The van der Waals surface area contributed by atoms with E-state index in [1.54, 1.807) is 25.4 Å². The van der Waals surface area contributed by atoms with Crippen molar-refractivity contribution < 1.29 is 9.59 Å². The summed E-state index contributed by atoms with van der Waals surface area (Å²) in [4.78, 5) is 32.6. The third kappa shape index (κ3) is 2.49. The van der Waals surface area contributed by atoms with Crippen LogP contribution in [0.4, 0.5) is 0 Å². The number of fused-ring (bicyclic) bond motifs is 1. The maximum absolute atomic E-state index is 12.2.